The SMILES string of the molecule is CN=C(NCc1ccc(OC)cc1OC)NCC1(c2ccc3c(c2)OCO3)CCOCC1. The summed E-state index contributed by atoms with van der Waals surface area (Å²) in [7, 11) is 5.08. The molecule has 1 fully saturated rings. The van der Waals surface area contributed by atoms with Crippen LogP contribution in [0.2, 0.25) is 0 Å². The van der Waals surface area contributed by atoms with Crippen molar-refractivity contribution in [1.29, 1.82) is 0 Å². The van der Waals surface area contributed by atoms with Gasteiger partial charge in [0.2, 0.25) is 6.79 Å². The molecule has 4 rings (SSSR count). The van der Waals surface area contributed by atoms with Crippen LogP contribution in [0, 0.1) is 0 Å². The zero-order chi connectivity index (χ0) is 22.4. The molecule has 0 unspecified atom stereocenters. The maximum atomic E-state index is 5.67. The Labute approximate surface area is 188 Å². The first-order chi connectivity index (χ1) is 15.7. The van der Waals surface area contributed by atoms with Gasteiger partial charge in [-0.15, -0.1) is 0 Å². The molecule has 0 amide bonds. The average molecular weight is 442 g/mol. The number of nitrogens with zero attached hydrogens (tertiary/aromatic N) is 1. The fraction of sp³-hybridized carbons (Fsp3) is 0.458. The van der Waals surface area contributed by atoms with Gasteiger partial charge in [0.1, 0.15) is 11.5 Å². The molecule has 2 N–H and O–H groups in total. The molecule has 1 saturated heterocycles. The van der Waals surface area contributed by atoms with Gasteiger partial charge in [-0.3, -0.25) is 4.99 Å². The Balaban J connectivity index is 1.44. The van der Waals surface area contributed by atoms with Crippen molar-refractivity contribution < 1.29 is 23.7 Å². The minimum absolute atomic E-state index is 0.0747. The third kappa shape index (κ3) is 4.70. The molecule has 2 aliphatic heterocycles. The summed E-state index contributed by atoms with van der Waals surface area (Å²) >= 11 is 0. The zero-order valence-corrected chi connectivity index (χ0v) is 18.9. The summed E-state index contributed by atoms with van der Waals surface area (Å²) in [6.45, 7) is 3.04. The summed E-state index contributed by atoms with van der Waals surface area (Å²) in [4.78, 5) is 4.41. The summed E-state index contributed by atoms with van der Waals surface area (Å²) in [5, 5.41) is 6.91. The number of hydrogen-bond acceptors (Lipinski definition) is 6. The van der Waals surface area contributed by atoms with Gasteiger partial charge in [0.25, 0.3) is 0 Å². The van der Waals surface area contributed by atoms with Crippen molar-refractivity contribution in [2.45, 2.75) is 24.8 Å². The van der Waals surface area contributed by atoms with Crippen LogP contribution in [0.4, 0.5) is 0 Å². The lowest BCUT2D eigenvalue weighted by Crippen LogP contribution is -2.47. The molecule has 0 bridgehead atoms. The molecular weight excluding hydrogens is 410 g/mol. The highest BCUT2D eigenvalue weighted by atomic mass is 16.7. The molecule has 8 nitrogen and oxygen atoms in total. The number of rotatable bonds is 7. The van der Waals surface area contributed by atoms with Crippen molar-refractivity contribution in [2.75, 3.05) is 47.8 Å². The quantitative estimate of drug-likeness (QED) is 0.505. The zero-order valence-electron chi connectivity index (χ0n) is 18.9. The van der Waals surface area contributed by atoms with Crippen LogP contribution in [-0.2, 0) is 16.7 Å². The van der Waals surface area contributed by atoms with Crippen molar-refractivity contribution >= 4 is 5.96 Å². The van der Waals surface area contributed by atoms with E-state index in [1.54, 1.807) is 21.3 Å². The number of nitrogens with one attached hydrogen (secondary N) is 2. The van der Waals surface area contributed by atoms with Crippen LogP contribution in [-0.4, -0.2) is 53.8 Å². The van der Waals surface area contributed by atoms with Crippen LogP contribution >= 0.6 is 0 Å². The number of hydrogen-bond donors (Lipinski definition) is 2. The molecular formula is C24H31N3O5. The van der Waals surface area contributed by atoms with Crippen molar-refractivity contribution in [1.82, 2.24) is 10.6 Å². The van der Waals surface area contributed by atoms with Crippen LogP contribution in [0.15, 0.2) is 41.4 Å². The normalized spacial score (nSPS) is 17.0. The summed E-state index contributed by atoms with van der Waals surface area (Å²) in [5.41, 5.74) is 2.17. The van der Waals surface area contributed by atoms with E-state index in [1.165, 1.54) is 5.56 Å². The van der Waals surface area contributed by atoms with Gasteiger partial charge in [-0.25, -0.2) is 0 Å². The summed E-state index contributed by atoms with van der Waals surface area (Å²) in [6, 6.07) is 12.0. The van der Waals surface area contributed by atoms with Crippen molar-refractivity contribution in [2.24, 2.45) is 4.99 Å². The molecule has 2 heterocycles. The Morgan fingerprint density at radius 1 is 1.00 bits per heavy atom. The Bertz CT molecular complexity index is 957. The Kier molecular flexibility index (Phi) is 6.90. The summed E-state index contributed by atoms with van der Waals surface area (Å²) in [6.07, 6.45) is 1.84. The van der Waals surface area contributed by atoms with E-state index in [1.807, 2.05) is 24.3 Å². The van der Waals surface area contributed by atoms with Gasteiger partial charge in [0.05, 0.1) is 14.2 Å². The predicted molar refractivity (Wildman–Crippen MR) is 122 cm³/mol. The standard InChI is InChI=1S/C24H31N3O5/c1-25-23(26-14-17-4-6-19(28-2)13-21(17)29-3)27-15-24(8-10-30-11-9-24)18-5-7-20-22(12-18)32-16-31-20/h4-7,12-13H,8-11,14-16H2,1-3H3,(H2,25,26,27). The lowest BCUT2D eigenvalue weighted by molar-refractivity contribution is 0.0513. The molecule has 0 aliphatic carbocycles. The molecule has 32 heavy (non-hydrogen) atoms. The van der Waals surface area contributed by atoms with E-state index >= 15 is 0 Å². The minimum Gasteiger partial charge on any atom is -0.497 e. The molecule has 0 aromatic heterocycles. The molecule has 2 aromatic carbocycles. The van der Waals surface area contributed by atoms with Crippen molar-refractivity contribution in [3.05, 3.63) is 47.5 Å². The molecule has 8 heteroatoms. The first-order valence-corrected chi connectivity index (χ1v) is 10.8. The second kappa shape index (κ2) is 9.99. The number of guanidine groups is 1. The van der Waals surface area contributed by atoms with E-state index < -0.39 is 0 Å². The summed E-state index contributed by atoms with van der Waals surface area (Å²) in [5.74, 6) is 3.87. The van der Waals surface area contributed by atoms with E-state index in [0.29, 0.717) is 6.54 Å². The molecule has 0 atom stereocenters. The Hall–Kier alpha value is -3.13. The van der Waals surface area contributed by atoms with Gasteiger partial charge in [0, 0.05) is 50.4 Å². The van der Waals surface area contributed by atoms with E-state index in [9.17, 15) is 0 Å². The Morgan fingerprint density at radius 2 is 1.81 bits per heavy atom. The van der Waals surface area contributed by atoms with Crippen LogP contribution in [0.3, 0.4) is 0 Å². The Morgan fingerprint density at radius 3 is 2.56 bits per heavy atom. The van der Waals surface area contributed by atoms with Crippen LogP contribution < -0.4 is 29.6 Å². The fourth-order valence-corrected chi connectivity index (χ4v) is 4.21. The maximum Gasteiger partial charge on any atom is 0.231 e. The van der Waals surface area contributed by atoms with E-state index in [2.05, 4.69) is 27.8 Å². The topological polar surface area (TPSA) is 82.6 Å². The van der Waals surface area contributed by atoms with Crippen LogP contribution in [0.25, 0.3) is 0 Å². The van der Waals surface area contributed by atoms with Gasteiger partial charge in [-0.1, -0.05) is 6.07 Å². The number of benzene rings is 2. The van der Waals surface area contributed by atoms with Gasteiger partial charge in [-0.2, -0.15) is 0 Å². The molecule has 0 spiro atoms. The molecule has 2 aromatic rings. The van der Waals surface area contributed by atoms with Crippen LogP contribution in [0.1, 0.15) is 24.0 Å². The highest BCUT2D eigenvalue weighted by Gasteiger charge is 2.35. The lowest BCUT2D eigenvalue weighted by Gasteiger charge is -2.38. The van der Waals surface area contributed by atoms with Crippen molar-refractivity contribution in [3.8, 4) is 23.0 Å². The second-order valence-electron chi connectivity index (χ2n) is 7.92. The number of fused-ring (bicyclic) bond motifs is 1. The first-order valence-electron chi connectivity index (χ1n) is 10.8. The van der Waals surface area contributed by atoms with Crippen molar-refractivity contribution in [3.63, 3.8) is 0 Å². The van der Waals surface area contributed by atoms with E-state index in [-0.39, 0.29) is 12.2 Å². The largest absolute Gasteiger partial charge is 0.497 e. The fourth-order valence-electron chi connectivity index (χ4n) is 4.21. The predicted octanol–water partition coefficient (Wildman–Crippen LogP) is 2.85. The van der Waals surface area contributed by atoms with Gasteiger partial charge in [0.15, 0.2) is 17.5 Å². The maximum absolute atomic E-state index is 5.67. The van der Waals surface area contributed by atoms with Gasteiger partial charge in [-0.05, 0) is 42.7 Å². The van der Waals surface area contributed by atoms with Crippen LogP contribution in [0.5, 0.6) is 23.0 Å². The smallest absolute Gasteiger partial charge is 0.231 e. The third-order valence-electron chi connectivity index (χ3n) is 6.19. The number of methoxy groups -OCH3 is 2. The highest BCUT2D eigenvalue weighted by molar-refractivity contribution is 5.79. The average Bonchev–Trinajstić information content (AvgIpc) is 3.33. The molecule has 2 aliphatic rings. The molecule has 0 radical (unpaired) electrons. The van der Waals surface area contributed by atoms with E-state index in [0.717, 1.165) is 67.1 Å². The second-order valence-corrected chi connectivity index (χ2v) is 7.92. The highest BCUT2D eigenvalue weighted by Crippen LogP contribution is 2.40. The third-order valence-corrected chi connectivity index (χ3v) is 6.19. The van der Waals surface area contributed by atoms with Gasteiger partial charge < -0.3 is 34.3 Å². The van der Waals surface area contributed by atoms with E-state index in [4.69, 9.17) is 23.7 Å². The minimum atomic E-state index is -0.0747. The molecule has 172 valence electrons. The monoisotopic (exact) mass is 441 g/mol. The molecule has 0 saturated carbocycles. The summed E-state index contributed by atoms with van der Waals surface area (Å²) < 4.78 is 27.6. The number of ether oxygens (including phenoxy) is 5. The first kappa shape index (κ1) is 22.1. The number of aliphatic imine (C=N–C) groups is 1. The van der Waals surface area contributed by atoms with Gasteiger partial charge >= 0.3 is 0 Å². The lowest BCUT2D eigenvalue weighted by atomic mass is 9.74.